The molecule has 2 aromatic carbocycles. The lowest BCUT2D eigenvalue weighted by Gasteiger charge is -2.20. The molecule has 1 aliphatic rings. The van der Waals surface area contributed by atoms with Gasteiger partial charge in [-0.2, -0.15) is 0 Å². The highest BCUT2D eigenvalue weighted by atomic mass is 16.5. The summed E-state index contributed by atoms with van der Waals surface area (Å²) in [6.45, 7) is 0.734. The summed E-state index contributed by atoms with van der Waals surface area (Å²) >= 11 is 0. The van der Waals surface area contributed by atoms with Crippen LogP contribution in [0.4, 0.5) is 0 Å². The molecule has 0 amide bonds. The predicted octanol–water partition coefficient (Wildman–Crippen LogP) is 3.46. The first-order chi connectivity index (χ1) is 11.8. The Labute approximate surface area is 140 Å². The molecule has 0 fully saturated rings. The zero-order valence-corrected chi connectivity index (χ0v) is 13.4. The van der Waals surface area contributed by atoms with Crippen LogP contribution in [0.3, 0.4) is 0 Å². The number of hydrogen-bond acceptors (Lipinski definition) is 3. The molecule has 4 heteroatoms. The lowest BCUT2D eigenvalue weighted by atomic mass is 9.98. The summed E-state index contributed by atoms with van der Waals surface area (Å²) in [5, 5.41) is 3.59. The molecule has 0 saturated heterocycles. The van der Waals surface area contributed by atoms with Crippen molar-refractivity contribution in [2.24, 2.45) is 0 Å². The van der Waals surface area contributed by atoms with Crippen LogP contribution in [0.5, 0.6) is 0 Å². The number of hydrogen-bond donors (Lipinski definition) is 1. The number of methoxy groups -OCH3 is 1. The van der Waals surface area contributed by atoms with Crippen molar-refractivity contribution in [2.45, 2.75) is 12.6 Å². The van der Waals surface area contributed by atoms with Crippen LogP contribution in [0.25, 0.3) is 5.69 Å². The van der Waals surface area contributed by atoms with E-state index in [4.69, 9.17) is 4.74 Å². The number of esters is 1. The van der Waals surface area contributed by atoms with E-state index < -0.39 is 0 Å². The second-order valence-corrected chi connectivity index (χ2v) is 5.82. The molecule has 3 aromatic rings. The van der Waals surface area contributed by atoms with E-state index in [1.807, 2.05) is 42.5 Å². The third kappa shape index (κ3) is 2.32. The monoisotopic (exact) mass is 318 g/mol. The lowest BCUT2D eigenvalue weighted by Crippen LogP contribution is -2.23. The van der Waals surface area contributed by atoms with Gasteiger partial charge in [-0.15, -0.1) is 0 Å². The maximum absolute atomic E-state index is 12.2. The molecular weight excluding hydrogens is 300 g/mol. The zero-order chi connectivity index (χ0) is 16.5. The number of para-hydroxylation sites is 1. The molecule has 2 heterocycles. The maximum atomic E-state index is 12.2. The number of benzene rings is 2. The van der Waals surface area contributed by atoms with Crippen LogP contribution in [0.15, 0.2) is 66.9 Å². The SMILES string of the molecule is COC(=O)c1ccccc1[C@@H]1NCc2ccccc2-n2cccc21. The van der Waals surface area contributed by atoms with E-state index in [1.54, 1.807) is 0 Å². The van der Waals surface area contributed by atoms with Gasteiger partial charge in [0.05, 0.1) is 18.7 Å². The number of rotatable bonds is 2. The van der Waals surface area contributed by atoms with Gasteiger partial charge >= 0.3 is 5.97 Å². The Bertz CT molecular complexity index is 898. The quantitative estimate of drug-likeness (QED) is 0.736. The van der Waals surface area contributed by atoms with Crippen molar-refractivity contribution < 1.29 is 9.53 Å². The van der Waals surface area contributed by atoms with Crippen molar-refractivity contribution >= 4 is 5.97 Å². The molecular formula is C20H18N2O2. The third-order valence-electron chi connectivity index (χ3n) is 4.50. The fourth-order valence-corrected chi connectivity index (χ4v) is 3.37. The number of carbonyl (C=O) groups excluding carboxylic acids is 1. The topological polar surface area (TPSA) is 43.3 Å². The largest absolute Gasteiger partial charge is 0.465 e. The van der Waals surface area contributed by atoms with Gasteiger partial charge in [-0.25, -0.2) is 4.79 Å². The average molecular weight is 318 g/mol. The fraction of sp³-hybridized carbons (Fsp3) is 0.150. The molecule has 4 nitrogen and oxygen atoms in total. The van der Waals surface area contributed by atoms with Crippen molar-refractivity contribution in [2.75, 3.05) is 7.11 Å². The molecule has 0 unspecified atom stereocenters. The van der Waals surface area contributed by atoms with E-state index in [0.717, 1.165) is 17.8 Å². The molecule has 0 aliphatic carbocycles. The minimum Gasteiger partial charge on any atom is -0.465 e. The molecule has 24 heavy (non-hydrogen) atoms. The number of nitrogens with zero attached hydrogens (tertiary/aromatic N) is 1. The first kappa shape index (κ1) is 14.7. The summed E-state index contributed by atoms with van der Waals surface area (Å²) in [6.07, 6.45) is 2.06. The van der Waals surface area contributed by atoms with Crippen molar-refractivity contribution in [3.8, 4) is 5.69 Å². The molecule has 0 bridgehead atoms. The predicted molar refractivity (Wildman–Crippen MR) is 92.2 cm³/mol. The van der Waals surface area contributed by atoms with Gasteiger partial charge in [-0.05, 0) is 35.4 Å². The normalized spacial score (nSPS) is 16.0. The smallest absolute Gasteiger partial charge is 0.338 e. The summed E-state index contributed by atoms with van der Waals surface area (Å²) in [4.78, 5) is 12.2. The summed E-state index contributed by atoms with van der Waals surface area (Å²) in [7, 11) is 1.41. The highest BCUT2D eigenvalue weighted by Crippen LogP contribution is 2.32. The zero-order valence-electron chi connectivity index (χ0n) is 13.4. The Hall–Kier alpha value is -2.85. The minimum absolute atomic E-state index is 0.0808. The van der Waals surface area contributed by atoms with Gasteiger partial charge in [0.25, 0.3) is 0 Å². The Balaban J connectivity index is 1.87. The number of ether oxygens (including phenoxy) is 1. The van der Waals surface area contributed by atoms with Crippen molar-refractivity contribution in [1.82, 2.24) is 9.88 Å². The van der Waals surface area contributed by atoms with Crippen LogP contribution >= 0.6 is 0 Å². The summed E-state index contributed by atoms with van der Waals surface area (Å²) in [5.41, 5.74) is 5.03. The van der Waals surface area contributed by atoms with Gasteiger partial charge in [-0.1, -0.05) is 36.4 Å². The molecule has 1 N–H and O–H groups in total. The summed E-state index contributed by atoms with van der Waals surface area (Å²) in [5.74, 6) is -0.313. The Kier molecular flexibility index (Phi) is 3.67. The average Bonchev–Trinajstić information content (AvgIpc) is 3.06. The van der Waals surface area contributed by atoms with E-state index in [0.29, 0.717) is 5.56 Å². The number of fused-ring (bicyclic) bond motifs is 3. The summed E-state index contributed by atoms with van der Waals surface area (Å²) < 4.78 is 7.15. The number of carbonyl (C=O) groups is 1. The van der Waals surface area contributed by atoms with Crippen LogP contribution in [0.1, 0.15) is 33.2 Å². The van der Waals surface area contributed by atoms with E-state index in [-0.39, 0.29) is 12.0 Å². The van der Waals surface area contributed by atoms with E-state index >= 15 is 0 Å². The summed E-state index contributed by atoms with van der Waals surface area (Å²) in [6, 6.07) is 20.0. The van der Waals surface area contributed by atoms with Gasteiger partial charge < -0.3 is 14.6 Å². The van der Waals surface area contributed by atoms with Gasteiger partial charge in [0.15, 0.2) is 0 Å². The standard InChI is InChI=1S/C20H18N2O2/c1-24-20(23)16-9-4-3-8-15(16)19-18-11-6-12-22(18)17-10-5-2-7-14(17)13-21-19/h2-12,19,21H,13H2,1H3/t19-/m0/s1. The van der Waals surface area contributed by atoms with Crippen molar-refractivity contribution in [3.05, 3.63) is 89.2 Å². The highest BCUT2D eigenvalue weighted by molar-refractivity contribution is 5.91. The van der Waals surface area contributed by atoms with E-state index in [9.17, 15) is 4.79 Å². The minimum atomic E-state index is -0.313. The van der Waals surface area contributed by atoms with Crippen molar-refractivity contribution in [3.63, 3.8) is 0 Å². The maximum Gasteiger partial charge on any atom is 0.338 e. The van der Waals surface area contributed by atoms with Gasteiger partial charge in [0, 0.05) is 24.1 Å². The molecule has 1 atom stereocenters. The first-order valence-corrected chi connectivity index (χ1v) is 7.96. The molecule has 0 saturated carbocycles. The molecule has 0 spiro atoms. The number of nitrogens with one attached hydrogen (secondary N) is 1. The fourth-order valence-electron chi connectivity index (χ4n) is 3.37. The van der Waals surface area contributed by atoms with Gasteiger partial charge in [-0.3, -0.25) is 0 Å². The van der Waals surface area contributed by atoms with Crippen LogP contribution < -0.4 is 5.32 Å². The second kappa shape index (κ2) is 5.98. The van der Waals surface area contributed by atoms with Crippen LogP contribution in [0, 0.1) is 0 Å². The Morgan fingerprint density at radius 2 is 1.88 bits per heavy atom. The first-order valence-electron chi connectivity index (χ1n) is 7.96. The van der Waals surface area contributed by atoms with Crippen LogP contribution in [-0.4, -0.2) is 17.6 Å². The van der Waals surface area contributed by atoms with Crippen LogP contribution in [0.2, 0.25) is 0 Å². The highest BCUT2D eigenvalue weighted by Gasteiger charge is 2.26. The van der Waals surface area contributed by atoms with E-state index in [1.165, 1.54) is 18.4 Å². The third-order valence-corrected chi connectivity index (χ3v) is 4.50. The second-order valence-electron chi connectivity index (χ2n) is 5.82. The lowest BCUT2D eigenvalue weighted by molar-refractivity contribution is 0.0599. The molecule has 1 aliphatic heterocycles. The van der Waals surface area contributed by atoms with Crippen molar-refractivity contribution in [1.29, 1.82) is 0 Å². The van der Waals surface area contributed by atoms with Crippen LogP contribution in [-0.2, 0) is 11.3 Å². The molecule has 1 aromatic heterocycles. The van der Waals surface area contributed by atoms with Gasteiger partial charge in [0.1, 0.15) is 0 Å². The van der Waals surface area contributed by atoms with E-state index in [2.05, 4.69) is 34.3 Å². The number of aromatic nitrogens is 1. The molecule has 120 valence electrons. The molecule has 4 rings (SSSR count). The Morgan fingerprint density at radius 3 is 2.75 bits per heavy atom. The van der Waals surface area contributed by atoms with Gasteiger partial charge in [0.2, 0.25) is 0 Å². The Morgan fingerprint density at radius 1 is 1.08 bits per heavy atom. The molecule has 0 radical (unpaired) electrons.